The summed E-state index contributed by atoms with van der Waals surface area (Å²) in [5.41, 5.74) is 5.49. The molecule has 176 valence electrons. The largest absolute Gasteiger partial charge is 0.465 e. The third kappa shape index (κ3) is 4.49. The number of esters is 1. The summed E-state index contributed by atoms with van der Waals surface area (Å²) < 4.78 is 10.9. The number of nitrogens with zero attached hydrogens (tertiary/aromatic N) is 1. The monoisotopic (exact) mass is 458 g/mol. The third-order valence-corrected chi connectivity index (χ3v) is 6.86. The van der Waals surface area contributed by atoms with Crippen molar-refractivity contribution in [3.63, 3.8) is 0 Å². The van der Waals surface area contributed by atoms with Gasteiger partial charge in [-0.25, -0.2) is 0 Å². The molecule has 0 spiro atoms. The molecule has 2 aliphatic rings. The molecule has 6 nitrogen and oxygen atoms in total. The van der Waals surface area contributed by atoms with Crippen LogP contribution in [0.5, 0.6) is 0 Å². The number of hydrogen-bond donors (Lipinski definition) is 1. The second-order valence-corrected chi connectivity index (χ2v) is 9.37. The number of aromatic nitrogens is 1. The van der Waals surface area contributed by atoms with Gasteiger partial charge in [-0.1, -0.05) is 53.7 Å². The molecule has 2 fully saturated rings. The van der Waals surface area contributed by atoms with E-state index in [2.05, 4.69) is 34.7 Å². The predicted molar refractivity (Wildman–Crippen MR) is 129 cm³/mol. The Balaban J connectivity index is 1.29. The van der Waals surface area contributed by atoms with Crippen LogP contribution in [0.2, 0.25) is 0 Å². The first-order valence-electron chi connectivity index (χ1n) is 12.1. The SMILES string of the molecule is CCOC(=O)C1(c2ccc(-c3ccc(-c4onc(C)c4CCC(=O)NC4CC4)cc3)cc2)CC1. The van der Waals surface area contributed by atoms with Crippen LogP contribution < -0.4 is 5.32 Å². The predicted octanol–water partition coefficient (Wildman–Crippen LogP) is 5.12. The number of ether oxygens (including phenoxy) is 1. The highest BCUT2D eigenvalue weighted by Gasteiger charge is 2.52. The second-order valence-electron chi connectivity index (χ2n) is 9.37. The van der Waals surface area contributed by atoms with Crippen LogP contribution in [0.3, 0.4) is 0 Å². The summed E-state index contributed by atoms with van der Waals surface area (Å²) in [4.78, 5) is 24.5. The number of rotatable bonds is 9. The van der Waals surface area contributed by atoms with Crippen LogP contribution in [0.1, 0.15) is 55.8 Å². The van der Waals surface area contributed by atoms with Crippen molar-refractivity contribution in [1.29, 1.82) is 0 Å². The Labute approximate surface area is 199 Å². The summed E-state index contributed by atoms with van der Waals surface area (Å²) in [5.74, 6) is 0.697. The molecule has 1 aromatic heterocycles. The lowest BCUT2D eigenvalue weighted by molar-refractivity contribution is -0.146. The van der Waals surface area contributed by atoms with Crippen LogP contribution in [0.15, 0.2) is 53.1 Å². The molecule has 34 heavy (non-hydrogen) atoms. The molecule has 2 saturated carbocycles. The van der Waals surface area contributed by atoms with Gasteiger partial charge in [-0.15, -0.1) is 0 Å². The minimum absolute atomic E-state index is 0.0868. The Morgan fingerprint density at radius 1 is 1.03 bits per heavy atom. The van der Waals surface area contributed by atoms with Gasteiger partial charge >= 0.3 is 5.97 Å². The Bertz CT molecular complexity index is 1190. The number of benzene rings is 2. The topological polar surface area (TPSA) is 81.4 Å². The third-order valence-electron chi connectivity index (χ3n) is 6.86. The number of nitrogens with one attached hydrogen (secondary N) is 1. The molecule has 0 radical (unpaired) electrons. The van der Waals surface area contributed by atoms with E-state index >= 15 is 0 Å². The van der Waals surface area contributed by atoms with Gasteiger partial charge in [-0.3, -0.25) is 9.59 Å². The van der Waals surface area contributed by atoms with Crippen molar-refractivity contribution in [2.24, 2.45) is 0 Å². The van der Waals surface area contributed by atoms with E-state index in [1.165, 1.54) is 0 Å². The van der Waals surface area contributed by atoms with Gasteiger partial charge in [0.25, 0.3) is 0 Å². The van der Waals surface area contributed by atoms with Crippen molar-refractivity contribution in [3.8, 4) is 22.5 Å². The Hall–Kier alpha value is -3.41. The average Bonchev–Trinajstić information content (AvgIpc) is 3.78. The van der Waals surface area contributed by atoms with Crippen molar-refractivity contribution in [2.75, 3.05) is 6.61 Å². The van der Waals surface area contributed by atoms with E-state index in [1.807, 2.05) is 38.1 Å². The zero-order valence-electron chi connectivity index (χ0n) is 19.7. The smallest absolute Gasteiger partial charge is 0.316 e. The number of carbonyl (C=O) groups is 2. The molecule has 0 unspecified atom stereocenters. The van der Waals surface area contributed by atoms with Gasteiger partial charge in [0.05, 0.1) is 17.7 Å². The molecule has 2 aromatic carbocycles. The lowest BCUT2D eigenvalue weighted by Gasteiger charge is -2.14. The zero-order valence-corrected chi connectivity index (χ0v) is 19.7. The van der Waals surface area contributed by atoms with Gasteiger partial charge in [0.1, 0.15) is 0 Å². The first-order valence-corrected chi connectivity index (χ1v) is 12.1. The van der Waals surface area contributed by atoms with Gasteiger partial charge < -0.3 is 14.6 Å². The summed E-state index contributed by atoms with van der Waals surface area (Å²) in [5, 5.41) is 7.18. The molecule has 0 atom stereocenters. The van der Waals surface area contributed by atoms with Crippen molar-refractivity contribution in [3.05, 3.63) is 65.4 Å². The summed E-state index contributed by atoms with van der Waals surface area (Å²) >= 11 is 0. The van der Waals surface area contributed by atoms with Crippen molar-refractivity contribution < 1.29 is 18.8 Å². The van der Waals surface area contributed by atoms with E-state index < -0.39 is 5.41 Å². The van der Waals surface area contributed by atoms with Gasteiger partial charge in [0, 0.05) is 23.6 Å². The molecule has 2 aliphatic carbocycles. The van der Waals surface area contributed by atoms with Crippen molar-refractivity contribution in [1.82, 2.24) is 10.5 Å². The fourth-order valence-corrected chi connectivity index (χ4v) is 4.48. The lowest BCUT2D eigenvalue weighted by atomic mass is 9.93. The van der Waals surface area contributed by atoms with Gasteiger partial charge in [-0.2, -0.15) is 0 Å². The van der Waals surface area contributed by atoms with Crippen LogP contribution in [-0.4, -0.2) is 29.7 Å². The fraction of sp³-hybridized carbons (Fsp3) is 0.393. The molecule has 3 aromatic rings. The Kier molecular flexibility index (Phi) is 5.98. The van der Waals surface area contributed by atoms with Crippen LogP contribution in [0.25, 0.3) is 22.5 Å². The quantitative estimate of drug-likeness (QED) is 0.450. The Morgan fingerprint density at radius 3 is 2.24 bits per heavy atom. The highest BCUT2D eigenvalue weighted by molar-refractivity contribution is 5.87. The van der Waals surface area contributed by atoms with E-state index in [1.54, 1.807) is 0 Å². The van der Waals surface area contributed by atoms with Gasteiger partial charge in [0.15, 0.2) is 5.76 Å². The molecule has 0 aliphatic heterocycles. The molecular formula is C28H30N2O4. The van der Waals surface area contributed by atoms with Crippen LogP contribution in [0.4, 0.5) is 0 Å². The highest BCUT2D eigenvalue weighted by Crippen LogP contribution is 2.49. The van der Waals surface area contributed by atoms with E-state index in [-0.39, 0.29) is 11.9 Å². The lowest BCUT2D eigenvalue weighted by Crippen LogP contribution is -2.25. The standard InChI is InChI=1S/C28H30N2O4/c1-3-33-27(32)28(16-17-28)22-10-8-20(9-11-22)19-4-6-21(7-5-19)26-24(18(2)30-34-26)14-15-25(31)29-23-12-13-23/h4-11,23H,3,12-17H2,1-2H3,(H,29,31). The van der Waals surface area contributed by atoms with Crippen LogP contribution in [-0.2, 0) is 26.2 Å². The fourth-order valence-electron chi connectivity index (χ4n) is 4.48. The molecule has 1 heterocycles. The van der Waals surface area contributed by atoms with E-state index in [0.29, 0.717) is 25.5 Å². The Morgan fingerprint density at radius 2 is 1.65 bits per heavy atom. The first-order chi connectivity index (χ1) is 16.5. The minimum Gasteiger partial charge on any atom is -0.465 e. The average molecular weight is 459 g/mol. The summed E-state index contributed by atoms with van der Waals surface area (Å²) in [6.07, 6.45) is 4.91. The number of hydrogen-bond acceptors (Lipinski definition) is 5. The minimum atomic E-state index is -0.450. The zero-order chi connectivity index (χ0) is 23.7. The number of aryl methyl sites for hydroxylation is 1. The van der Waals surface area contributed by atoms with Gasteiger partial charge in [-0.05, 0) is 62.6 Å². The normalized spacial score (nSPS) is 16.2. The highest BCUT2D eigenvalue weighted by atomic mass is 16.5. The molecular weight excluding hydrogens is 428 g/mol. The van der Waals surface area contributed by atoms with Crippen LogP contribution >= 0.6 is 0 Å². The first kappa shape index (κ1) is 22.4. The number of carbonyl (C=O) groups excluding carboxylic acids is 2. The van der Waals surface area contributed by atoms with Gasteiger partial charge in [0.2, 0.25) is 5.91 Å². The molecule has 1 amide bonds. The molecule has 0 saturated heterocycles. The molecule has 1 N–H and O–H groups in total. The summed E-state index contributed by atoms with van der Waals surface area (Å²) in [7, 11) is 0. The van der Waals surface area contributed by atoms with Crippen molar-refractivity contribution >= 4 is 11.9 Å². The van der Waals surface area contributed by atoms with E-state index in [4.69, 9.17) is 9.26 Å². The second kappa shape index (κ2) is 9.09. The maximum Gasteiger partial charge on any atom is 0.316 e. The summed E-state index contributed by atoms with van der Waals surface area (Å²) in [6, 6.07) is 16.7. The molecule has 0 bridgehead atoms. The van der Waals surface area contributed by atoms with Crippen molar-refractivity contribution in [2.45, 2.75) is 63.8 Å². The molecule has 5 rings (SSSR count). The van der Waals surface area contributed by atoms with Crippen LogP contribution in [0, 0.1) is 6.92 Å². The maximum atomic E-state index is 12.4. The van der Waals surface area contributed by atoms with E-state index in [9.17, 15) is 9.59 Å². The molecule has 6 heteroatoms. The van der Waals surface area contributed by atoms with E-state index in [0.717, 1.165) is 65.0 Å². The maximum absolute atomic E-state index is 12.4. The summed E-state index contributed by atoms with van der Waals surface area (Å²) in [6.45, 7) is 4.17. The number of amides is 1.